The Balaban J connectivity index is 1.76. The second-order valence-electron chi connectivity index (χ2n) is 5.05. The number of rotatable bonds is 4. The summed E-state index contributed by atoms with van der Waals surface area (Å²) < 4.78 is 0. The van der Waals surface area contributed by atoms with Gasteiger partial charge in [0.1, 0.15) is 0 Å². The lowest BCUT2D eigenvalue weighted by molar-refractivity contribution is -0.122. The van der Waals surface area contributed by atoms with Gasteiger partial charge in [0.2, 0.25) is 5.91 Å². The van der Waals surface area contributed by atoms with Gasteiger partial charge in [0.15, 0.2) is 0 Å². The summed E-state index contributed by atoms with van der Waals surface area (Å²) in [5, 5.41) is 12.3. The van der Waals surface area contributed by atoms with Crippen molar-refractivity contribution in [1.29, 1.82) is 0 Å². The lowest BCUT2D eigenvalue weighted by atomic mass is 9.85. The quantitative estimate of drug-likeness (QED) is 0.739. The molecule has 86 valence electrons. The predicted molar refractivity (Wildman–Crippen MR) is 58.3 cm³/mol. The maximum absolute atomic E-state index is 11.6. The average Bonchev–Trinajstić information content (AvgIpc) is 3.02. The van der Waals surface area contributed by atoms with Gasteiger partial charge >= 0.3 is 0 Å². The van der Waals surface area contributed by atoms with E-state index in [4.69, 9.17) is 0 Å². The zero-order valence-electron chi connectivity index (χ0n) is 9.24. The highest BCUT2D eigenvalue weighted by Crippen LogP contribution is 2.32. The van der Waals surface area contributed by atoms with Crippen LogP contribution >= 0.6 is 0 Å². The first kappa shape index (κ1) is 10.9. The van der Waals surface area contributed by atoms with Gasteiger partial charge < -0.3 is 10.4 Å². The van der Waals surface area contributed by atoms with Crippen molar-refractivity contribution in [3.63, 3.8) is 0 Å². The Morgan fingerprint density at radius 1 is 1.20 bits per heavy atom. The van der Waals surface area contributed by atoms with Crippen LogP contribution in [-0.2, 0) is 4.79 Å². The molecule has 2 saturated carbocycles. The molecule has 2 N–H and O–H groups in total. The first-order valence-corrected chi connectivity index (χ1v) is 6.20. The van der Waals surface area contributed by atoms with E-state index in [0.717, 1.165) is 12.8 Å². The molecular formula is C12H21NO2. The van der Waals surface area contributed by atoms with Crippen LogP contribution in [0.15, 0.2) is 0 Å². The van der Waals surface area contributed by atoms with Crippen LogP contribution in [-0.4, -0.2) is 23.7 Å². The summed E-state index contributed by atoms with van der Waals surface area (Å²) in [5.74, 6) is 1.14. The molecule has 3 heteroatoms. The number of aliphatic hydroxyl groups is 1. The highest BCUT2D eigenvalue weighted by atomic mass is 16.3. The van der Waals surface area contributed by atoms with Gasteiger partial charge in [-0.15, -0.1) is 0 Å². The van der Waals surface area contributed by atoms with Gasteiger partial charge in [0.25, 0.3) is 0 Å². The molecule has 2 atom stereocenters. The van der Waals surface area contributed by atoms with Crippen molar-refractivity contribution in [3.05, 3.63) is 0 Å². The summed E-state index contributed by atoms with van der Waals surface area (Å²) in [6.45, 7) is 0.217. The Kier molecular flexibility index (Phi) is 3.62. The lowest BCUT2D eigenvalue weighted by Crippen LogP contribution is -2.43. The third-order valence-electron chi connectivity index (χ3n) is 3.66. The Bertz CT molecular complexity index is 226. The number of carbonyl (C=O) groups is 1. The summed E-state index contributed by atoms with van der Waals surface area (Å²) in [7, 11) is 0. The van der Waals surface area contributed by atoms with Crippen LogP contribution in [0.4, 0.5) is 0 Å². The second-order valence-corrected chi connectivity index (χ2v) is 5.05. The van der Waals surface area contributed by atoms with Crippen LogP contribution < -0.4 is 5.32 Å². The minimum absolute atomic E-state index is 0.197. The van der Waals surface area contributed by atoms with E-state index in [1.165, 1.54) is 25.7 Å². The number of amides is 1. The fraction of sp³-hybridized carbons (Fsp3) is 0.917. The second kappa shape index (κ2) is 4.97. The topological polar surface area (TPSA) is 49.3 Å². The Labute approximate surface area is 91.2 Å². The largest absolute Gasteiger partial charge is 0.396 e. The van der Waals surface area contributed by atoms with Crippen molar-refractivity contribution in [2.24, 2.45) is 11.8 Å². The van der Waals surface area contributed by atoms with Crippen molar-refractivity contribution < 1.29 is 9.90 Å². The van der Waals surface area contributed by atoms with E-state index >= 15 is 0 Å². The minimum atomic E-state index is 0.197. The fourth-order valence-corrected chi connectivity index (χ4v) is 2.47. The molecule has 2 aliphatic rings. The van der Waals surface area contributed by atoms with Crippen LogP contribution in [0.1, 0.15) is 44.9 Å². The molecule has 2 unspecified atom stereocenters. The zero-order valence-corrected chi connectivity index (χ0v) is 9.24. The minimum Gasteiger partial charge on any atom is -0.396 e. The Morgan fingerprint density at radius 3 is 2.60 bits per heavy atom. The normalized spacial score (nSPS) is 31.3. The first-order chi connectivity index (χ1) is 7.29. The van der Waals surface area contributed by atoms with Gasteiger partial charge in [-0.05, 0) is 31.6 Å². The maximum atomic E-state index is 11.6. The van der Waals surface area contributed by atoms with Crippen molar-refractivity contribution in [2.45, 2.75) is 51.0 Å². The van der Waals surface area contributed by atoms with E-state index in [1.54, 1.807) is 0 Å². The zero-order chi connectivity index (χ0) is 10.7. The molecule has 0 aliphatic heterocycles. The summed E-state index contributed by atoms with van der Waals surface area (Å²) >= 11 is 0. The monoisotopic (exact) mass is 211 g/mol. The SMILES string of the molecule is O=C(CC1CC1)NC1CCCCC1CO. The van der Waals surface area contributed by atoms with Crippen molar-refractivity contribution >= 4 is 5.91 Å². The molecule has 0 aromatic rings. The molecule has 0 spiro atoms. The van der Waals surface area contributed by atoms with Gasteiger partial charge in [0, 0.05) is 25.0 Å². The molecule has 3 nitrogen and oxygen atoms in total. The van der Waals surface area contributed by atoms with Crippen molar-refractivity contribution in [1.82, 2.24) is 5.32 Å². The van der Waals surface area contributed by atoms with Crippen molar-refractivity contribution in [3.8, 4) is 0 Å². The van der Waals surface area contributed by atoms with E-state index in [1.807, 2.05) is 0 Å². The molecule has 0 aromatic heterocycles. The molecule has 0 radical (unpaired) electrons. The van der Waals surface area contributed by atoms with Crippen LogP contribution in [0.3, 0.4) is 0 Å². The van der Waals surface area contributed by atoms with Gasteiger partial charge in [-0.2, -0.15) is 0 Å². The Hall–Kier alpha value is -0.570. The van der Waals surface area contributed by atoms with Gasteiger partial charge in [0.05, 0.1) is 0 Å². The maximum Gasteiger partial charge on any atom is 0.220 e. The van der Waals surface area contributed by atoms with E-state index in [0.29, 0.717) is 18.3 Å². The first-order valence-electron chi connectivity index (χ1n) is 6.20. The summed E-state index contributed by atoms with van der Waals surface area (Å²) in [6.07, 6.45) is 7.63. The molecule has 2 rings (SSSR count). The summed E-state index contributed by atoms with van der Waals surface area (Å²) in [6, 6.07) is 0.231. The molecule has 1 amide bonds. The fourth-order valence-electron chi connectivity index (χ4n) is 2.47. The summed E-state index contributed by atoms with van der Waals surface area (Å²) in [5.41, 5.74) is 0. The number of hydrogen-bond donors (Lipinski definition) is 2. The number of aliphatic hydroxyl groups excluding tert-OH is 1. The smallest absolute Gasteiger partial charge is 0.220 e. The van der Waals surface area contributed by atoms with Gasteiger partial charge in [-0.1, -0.05) is 12.8 Å². The standard InChI is InChI=1S/C12H21NO2/c14-8-10-3-1-2-4-11(10)13-12(15)7-9-5-6-9/h9-11,14H,1-8H2,(H,13,15). The molecule has 2 aliphatic carbocycles. The molecule has 0 aromatic carbocycles. The number of hydrogen-bond acceptors (Lipinski definition) is 2. The molecule has 2 fully saturated rings. The molecule has 0 bridgehead atoms. The Morgan fingerprint density at radius 2 is 1.93 bits per heavy atom. The van der Waals surface area contributed by atoms with Crippen LogP contribution in [0.25, 0.3) is 0 Å². The number of nitrogens with one attached hydrogen (secondary N) is 1. The van der Waals surface area contributed by atoms with Crippen molar-refractivity contribution in [2.75, 3.05) is 6.61 Å². The molecule has 0 heterocycles. The van der Waals surface area contributed by atoms with Crippen LogP contribution in [0.2, 0.25) is 0 Å². The van der Waals surface area contributed by atoms with Crippen LogP contribution in [0.5, 0.6) is 0 Å². The van der Waals surface area contributed by atoms with Crippen LogP contribution in [0, 0.1) is 11.8 Å². The molecular weight excluding hydrogens is 190 g/mol. The third kappa shape index (κ3) is 3.20. The van der Waals surface area contributed by atoms with E-state index in [2.05, 4.69) is 5.32 Å². The number of carbonyl (C=O) groups excluding carboxylic acids is 1. The predicted octanol–water partition coefficient (Wildman–Crippen LogP) is 1.45. The highest BCUT2D eigenvalue weighted by molar-refractivity contribution is 5.76. The molecule has 15 heavy (non-hydrogen) atoms. The van der Waals surface area contributed by atoms with E-state index in [-0.39, 0.29) is 18.6 Å². The highest BCUT2D eigenvalue weighted by Gasteiger charge is 2.29. The average molecular weight is 211 g/mol. The van der Waals surface area contributed by atoms with Gasteiger partial charge in [-0.25, -0.2) is 0 Å². The van der Waals surface area contributed by atoms with E-state index in [9.17, 15) is 9.90 Å². The summed E-state index contributed by atoms with van der Waals surface area (Å²) in [4.78, 5) is 11.6. The van der Waals surface area contributed by atoms with E-state index < -0.39 is 0 Å². The van der Waals surface area contributed by atoms with Gasteiger partial charge in [-0.3, -0.25) is 4.79 Å². The third-order valence-corrected chi connectivity index (χ3v) is 3.66. The molecule has 0 saturated heterocycles. The lowest BCUT2D eigenvalue weighted by Gasteiger charge is -2.30.